The molecule has 1 aliphatic heterocycles. The Bertz CT molecular complexity index is 402. The molecule has 0 aliphatic carbocycles. The second-order valence-electron chi connectivity index (χ2n) is 3.65. The summed E-state index contributed by atoms with van der Waals surface area (Å²) in [5, 5.41) is 12.1. The summed E-state index contributed by atoms with van der Waals surface area (Å²) < 4.78 is 4.97. The van der Waals surface area contributed by atoms with E-state index in [4.69, 9.17) is 9.84 Å². The minimum Gasteiger partial charge on any atom is -0.481 e. The molecule has 1 atom stereocenters. The third-order valence-electron chi connectivity index (χ3n) is 2.57. The van der Waals surface area contributed by atoms with Crippen molar-refractivity contribution in [3.63, 3.8) is 0 Å². The van der Waals surface area contributed by atoms with Crippen LogP contribution < -0.4 is 10.1 Å². The highest BCUT2D eigenvalue weighted by atomic mass is 16.5. The molecule has 6 heteroatoms. The highest BCUT2D eigenvalue weighted by Gasteiger charge is 2.22. The maximum Gasteiger partial charge on any atom is 0.354 e. The van der Waals surface area contributed by atoms with Gasteiger partial charge in [0.2, 0.25) is 5.88 Å². The Morgan fingerprint density at radius 3 is 3.00 bits per heavy atom. The lowest BCUT2D eigenvalue weighted by Crippen LogP contribution is -2.13. The number of hydrogen-bond acceptors (Lipinski definition) is 5. The zero-order valence-electron chi connectivity index (χ0n) is 8.93. The molecular weight excluding hydrogens is 210 g/mol. The average Bonchev–Trinajstić information content (AvgIpc) is 2.81. The SMILES string of the molecule is COc1cc(C(=O)O)nc(C2CCNC2)n1. The van der Waals surface area contributed by atoms with Crippen LogP contribution in [0.25, 0.3) is 0 Å². The Balaban J connectivity index is 2.35. The van der Waals surface area contributed by atoms with Crippen molar-refractivity contribution in [1.82, 2.24) is 15.3 Å². The highest BCUT2D eigenvalue weighted by molar-refractivity contribution is 5.85. The van der Waals surface area contributed by atoms with Crippen molar-refractivity contribution in [2.45, 2.75) is 12.3 Å². The summed E-state index contributed by atoms with van der Waals surface area (Å²) in [6.07, 6.45) is 0.923. The molecule has 0 aromatic carbocycles. The highest BCUT2D eigenvalue weighted by Crippen LogP contribution is 2.21. The maximum atomic E-state index is 10.9. The van der Waals surface area contributed by atoms with Gasteiger partial charge in [-0.1, -0.05) is 0 Å². The van der Waals surface area contributed by atoms with Crippen LogP contribution in [-0.4, -0.2) is 41.2 Å². The quantitative estimate of drug-likeness (QED) is 0.764. The Kier molecular flexibility index (Phi) is 3.00. The number of nitrogens with zero attached hydrogens (tertiary/aromatic N) is 2. The molecule has 2 heterocycles. The minimum absolute atomic E-state index is 0.0197. The molecule has 0 amide bonds. The van der Waals surface area contributed by atoms with E-state index in [9.17, 15) is 4.79 Å². The van der Waals surface area contributed by atoms with Crippen LogP contribution in [0, 0.1) is 0 Å². The number of nitrogens with one attached hydrogen (secondary N) is 1. The molecule has 1 unspecified atom stereocenters. The molecule has 16 heavy (non-hydrogen) atoms. The fourth-order valence-electron chi connectivity index (χ4n) is 1.71. The van der Waals surface area contributed by atoms with Crippen molar-refractivity contribution in [3.8, 4) is 5.88 Å². The minimum atomic E-state index is -1.06. The van der Waals surface area contributed by atoms with E-state index in [-0.39, 0.29) is 11.6 Å². The van der Waals surface area contributed by atoms with Crippen LogP contribution in [0.2, 0.25) is 0 Å². The fraction of sp³-hybridized carbons (Fsp3) is 0.500. The topological polar surface area (TPSA) is 84.3 Å². The lowest BCUT2D eigenvalue weighted by Gasteiger charge is -2.09. The number of ether oxygens (including phenoxy) is 1. The van der Waals surface area contributed by atoms with Gasteiger partial charge in [-0.25, -0.2) is 9.78 Å². The third kappa shape index (κ3) is 2.11. The molecule has 1 saturated heterocycles. The van der Waals surface area contributed by atoms with Crippen molar-refractivity contribution in [2.75, 3.05) is 20.2 Å². The first-order valence-corrected chi connectivity index (χ1v) is 5.07. The van der Waals surface area contributed by atoms with Gasteiger partial charge in [0.05, 0.1) is 7.11 Å². The van der Waals surface area contributed by atoms with Gasteiger partial charge in [0.15, 0.2) is 5.69 Å². The Morgan fingerprint density at radius 2 is 2.44 bits per heavy atom. The Labute approximate surface area is 92.7 Å². The second kappa shape index (κ2) is 4.44. The summed E-state index contributed by atoms with van der Waals surface area (Å²) in [5.41, 5.74) is -0.0197. The molecule has 86 valence electrons. The number of carbonyl (C=O) groups is 1. The van der Waals surface area contributed by atoms with Crippen molar-refractivity contribution in [2.24, 2.45) is 0 Å². The van der Waals surface area contributed by atoms with Gasteiger partial charge >= 0.3 is 5.97 Å². The largest absolute Gasteiger partial charge is 0.481 e. The van der Waals surface area contributed by atoms with Crippen LogP contribution in [0.3, 0.4) is 0 Å². The van der Waals surface area contributed by atoms with Gasteiger partial charge < -0.3 is 15.2 Å². The number of hydrogen-bond donors (Lipinski definition) is 2. The van der Waals surface area contributed by atoms with Crippen molar-refractivity contribution < 1.29 is 14.6 Å². The summed E-state index contributed by atoms with van der Waals surface area (Å²) in [6, 6.07) is 1.33. The van der Waals surface area contributed by atoms with E-state index in [2.05, 4.69) is 15.3 Å². The smallest absolute Gasteiger partial charge is 0.354 e. The summed E-state index contributed by atoms with van der Waals surface area (Å²) in [5.74, 6) is -0.0443. The zero-order chi connectivity index (χ0) is 11.5. The summed E-state index contributed by atoms with van der Waals surface area (Å²) >= 11 is 0. The molecule has 0 radical (unpaired) electrons. The molecule has 0 bridgehead atoms. The average molecular weight is 223 g/mol. The Hall–Kier alpha value is -1.69. The van der Waals surface area contributed by atoms with E-state index in [0.29, 0.717) is 11.7 Å². The first kappa shape index (κ1) is 10.8. The summed E-state index contributed by atoms with van der Waals surface area (Å²) in [7, 11) is 1.46. The number of carboxylic acid groups (broad SMARTS) is 1. The third-order valence-corrected chi connectivity index (χ3v) is 2.57. The van der Waals surface area contributed by atoms with Gasteiger partial charge in [0, 0.05) is 18.5 Å². The zero-order valence-corrected chi connectivity index (χ0v) is 8.93. The fourth-order valence-corrected chi connectivity index (χ4v) is 1.71. The molecule has 0 spiro atoms. The lowest BCUT2D eigenvalue weighted by atomic mass is 10.1. The van der Waals surface area contributed by atoms with E-state index < -0.39 is 5.97 Å². The molecule has 0 saturated carbocycles. The molecule has 1 aliphatic rings. The van der Waals surface area contributed by atoms with E-state index in [0.717, 1.165) is 19.5 Å². The van der Waals surface area contributed by atoms with E-state index in [1.807, 2.05) is 0 Å². The monoisotopic (exact) mass is 223 g/mol. The lowest BCUT2D eigenvalue weighted by molar-refractivity contribution is 0.0689. The van der Waals surface area contributed by atoms with E-state index >= 15 is 0 Å². The predicted molar refractivity (Wildman–Crippen MR) is 55.8 cm³/mol. The molecule has 1 aromatic heterocycles. The Morgan fingerprint density at radius 1 is 1.62 bits per heavy atom. The number of aromatic nitrogens is 2. The van der Waals surface area contributed by atoms with Gasteiger partial charge in [-0.3, -0.25) is 0 Å². The molecule has 6 nitrogen and oxygen atoms in total. The van der Waals surface area contributed by atoms with Crippen LogP contribution in [0.5, 0.6) is 5.88 Å². The van der Waals surface area contributed by atoms with Crippen molar-refractivity contribution in [3.05, 3.63) is 17.6 Å². The normalized spacial score (nSPS) is 19.7. The second-order valence-corrected chi connectivity index (χ2v) is 3.65. The van der Waals surface area contributed by atoms with Crippen molar-refractivity contribution >= 4 is 5.97 Å². The van der Waals surface area contributed by atoms with Crippen LogP contribution in [-0.2, 0) is 0 Å². The van der Waals surface area contributed by atoms with Gasteiger partial charge in [0.25, 0.3) is 0 Å². The molecular formula is C10H13N3O3. The number of aromatic carboxylic acids is 1. The number of methoxy groups -OCH3 is 1. The van der Waals surface area contributed by atoms with Crippen LogP contribution >= 0.6 is 0 Å². The van der Waals surface area contributed by atoms with Gasteiger partial charge in [0.1, 0.15) is 5.82 Å². The first-order valence-electron chi connectivity index (χ1n) is 5.07. The molecule has 2 N–H and O–H groups in total. The summed E-state index contributed by atoms with van der Waals surface area (Å²) in [6.45, 7) is 1.69. The van der Waals surface area contributed by atoms with Gasteiger partial charge in [-0.15, -0.1) is 0 Å². The molecule has 1 fully saturated rings. The predicted octanol–water partition coefficient (Wildman–Crippen LogP) is 0.260. The van der Waals surface area contributed by atoms with Crippen LogP contribution in [0.15, 0.2) is 6.07 Å². The van der Waals surface area contributed by atoms with E-state index in [1.165, 1.54) is 13.2 Å². The first-order chi connectivity index (χ1) is 7.70. The van der Waals surface area contributed by atoms with Gasteiger partial charge in [-0.2, -0.15) is 4.98 Å². The maximum absolute atomic E-state index is 10.9. The van der Waals surface area contributed by atoms with Gasteiger partial charge in [-0.05, 0) is 13.0 Å². The van der Waals surface area contributed by atoms with Crippen LogP contribution in [0.4, 0.5) is 0 Å². The molecule has 1 aromatic rings. The van der Waals surface area contributed by atoms with Crippen molar-refractivity contribution in [1.29, 1.82) is 0 Å². The summed E-state index contributed by atoms with van der Waals surface area (Å²) in [4.78, 5) is 19.1. The van der Waals surface area contributed by atoms with E-state index in [1.54, 1.807) is 0 Å². The van der Waals surface area contributed by atoms with Crippen LogP contribution in [0.1, 0.15) is 28.7 Å². The standard InChI is InChI=1S/C10H13N3O3/c1-16-8-4-7(10(14)15)12-9(13-8)6-2-3-11-5-6/h4,6,11H,2-3,5H2,1H3,(H,14,15). The number of rotatable bonds is 3. The number of carboxylic acids is 1. The molecule has 2 rings (SSSR count).